The lowest BCUT2D eigenvalue weighted by Gasteiger charge is -2.20. The van der Waals surface area contributed by atoms with Crippen molar-refractivity contribution >= 4 is 23.1 Å². The molecule has 0 fully saturated rings. The normalized spacial score (nSPS) is 11.5. The summed E-state index contributed by atoms with van der Waals surface area (Å²) in [5.74, 6) is 0.814. The number of aryl methyl sites for hydroxylation is 1. The molecular weight excluding hydrogens is 410 g/mol. The van der Waals surface area contributed by atoms with E-state index in [0.29, 0.717) is 22.8 Å². The first-order chi connectivity index (χ1) is 15.2. The Balaban J connectivity index is 1.78. The average Bonchev–Trinajstić information content (AvgIpc) is 3.31. The Hall–Kier alpha value is -4.08. The van der Waals surface area contributed by atoms with Gasteiger partial charge in [0.2, 0.25) is 0 Å². The van der Waals surface area contributed by atoms with Gasteiger partial charge in [-0.3, -0.25) is 10.00 Å². The smallest absolute Gasteiger partial charge is 0.412 e. The average molecular weight is 435 g/mol. The van der Waals surface area contributed by atoms with Crippen LogP contribution < -0.4 is 15.8 Å². The van der Waals surface area contributed by atoms with Crippen molar-refractivity contribution in [2.75, 3.05) is 18.2 Å². The number of carbonyl (C=O) groups is 1. The van der Waals surface area contributed by atoms with Gasteiger partial charge in [0.15, 0.2) is 5.82 Å². The lowest BCUT2D eigenvalue weighted by Crippen LogP contribution is -2.27. The number of nitrogen functional groups attached to an aromatic ring is 1. The number of methoxy groups -OCH3 is 1. The summed E-state index contributed by atoms with van der Waals surface area (Å²) in [5, 5.41) is 11.6. The highest BCUT2D eigenvalue weighted by Crippen LogP contribution is 2.37. The number of nitrogens with one attached hydrogen (secondary N) is 1. The molecule has 1 aromatic carbocycles. The van der Waals surface area contributed by atoms with Crippen LogP contribution in [0.4, 0.5) is 16.3 Å². The zero-order chi connectivity index (χ0) is 23.0. The molecule has 0 aliphatic heterocycles. The van der Waals surface area contributed by atoms with Gasteiger partial charge in [-0.15, -0.1) is 0 Å². The Kier molecular flexibility index (Phi) is 5.21. The van der Waals surface area contributed by atoms with Gasteiger partial charge in [0.1, 0.15) is 28.9 Å². The predicted octanol–water partition coefficient (Wildman–Crippen LogP) is 3.73. The van der Waals surface area contributed by atoms with E-state index in [2.05, 4.69) is 20.5 Å². The molecule has 0 bridgehead atoms. The minimum absolute atomic E-state index is 0.340. The van der Waals surface area contributed by atoms with E-state index in [0.717, 1.165) is 22.5 Å². The number of hydrogen-bond acceptors (Lipinski definition) is 7. The molecule has 0 unspecified atom stereocenters. The number of nitrogens with two attached hydrogens (primary N) is 1. The number of anilines is 2. The summed E-state index contributed by atoms with van der Waals surface area (Å²) in [6, 6.07) is 9.29. The molecule has 4 rings (SSSR count). The van der Waals surface area contributed by atoms with Gasteiger partial charge in [0, 0.05) is 18.8 Å². The minimum atomic E-state index is -0.609. The maximum atomic E-state index is 12.2. The topological polar surface area (TPSA) is 122 Å². The second kappa shape index (κ2) is 7.88. The van der Waals surface area contributed by atoms with Gasteiger partial charge in [0.05, 0.1) is 18.5 Å². The Labute approximate surface area is 185 Å². The van der Waals surface area contributed by atoms with Gasteiger partial charge < -0.3 is 15.2 Å². The number of ether oxygens (including phenoxy) is 2. The Bertz CT molecular complexity index is 1300. The van der Waals surface area contributed by atoms with Crippen LogP contribution in [0.2, 0.25) is 0 Å². The first-order valence-corrected chi connectivity index (χ1v) is 9.97. The quantitative estimate of drug-likeness (QED) is 0.501. The van der Waals surface area contributed by atoms with Gasteiger partial charge >= 0.3 is 6.09 Å². The molecule has 0 aliphatic carbocycles. The van der Waals surface area contributed by atoms with Crippen molar-refractivity contribution in [2.24, 2.45) is 7.05 Å². The number of hydrogen-bond donors (Lipinski definition) is 2. The lowest BCUT2D eigenvalue weighted by atomic mass is 10.1. The zero-order valence-electron chi connectivity index (χ0n) is 18.6. The highest BCUT2D eigenvalue weighted by molar-refractivity contribution is 5.93. The first kappa shape index (κ1) is 21.2. The number of benzene rings is 1. The lowest BCUT2D eigenvalue weighted by molar-refractivity contribution is 0.0635. The molecule has 10 nitrogen and oxygen atoms in total. The standard InChI is InChI=1S/C22H25N7O3/c1-22(2,3)32-21(30)26-16-7-6-13(10-18(16)31-5)14-11-17(15-8-9-28(4)27-15)29-19(14)20(23)24-12-25-29/h6-12H,1-5H3,(H,26,30)(H2,23,24,25). The summed E-state index contributed by atoms with van der Waals surface area (Å²) >= 11 is 0. The van der Waals surface area contributed by atoms with Crippen LogP contribution in [0.25, 0.3) is 28.0 Å². The molecule has 32 heavy (non-hydrogen) atoms. The van der Waals surface area contributed by atoms with Crippen molar-refractivity contribution in [1.29, 1.82) is 0 Å². The monoisotopic (exact) mass is 435 g/mol. The van der Waals surface area contributed by atoms with E-state index >= 15 is 0 Å². The molecule has 10 heteroatoms. The van der Waals surface area contributed by atoms with Crippen molar-refractivity contribution in [3.63, 3.8) is 0 Å². The fraction of sp³-hybridized carbons (Fsp3) is 0.273. The molecule has 0 aliphatic rings. The van der Waals surface area contributed by atoms with Crippen molar-refractivity contribution in [2.45, 2.75) is 26.4 Å². The molecule has 4 aromatic rings. The van der Waals surface area contributed by atoms with Gasteiger partial charge in [0.25, 0.3) is 0 Å². The van der Waals surface area contributed by atoms with E-state index in [1.165, 1.54) is 13.4 Å². The van der Waals surface area contributed by atoms with Gasteiger partial charge in [-0.2, -0.15) is 10.2 Å². The minimum Gasteiger partial charge on any atom is -0.495 e. The molecule has 3 N–H and O–H groups in total. The number of fused-ring (bicyclic) bond motifs is 1. The third kappa shape index (κ3) is 4.07. The largest absolute Gasteiger partial charge is 0.495 e. The van der Waals surface area contributed by atoms with E-state index in [4.69, 9.17) is 15.2 Å². The molecular formula is C22H25N7O3. The van der Waals surface area contributed by atoms with Crippen LogP contribution >= 0.6 is 0 Å². The number of amides is 1. The van der Waals surface area contributed by atoms with E-state index in [-0.39, 0.29) is 0 Å². The third-order valence-electron chi connectivity index (χ3n) is 4.71. The molecule has 0 saturated carbocycles. The first-order valence-electron chi connectivity index (χ1n) is 9.97. The number of nitrogens with zero attached hydrogens (tertiary/aromatic N) is 5. The van der Waals surface area contributed by atoms with Crippen molar-refractivity contribution < 1.29 is 14.3 Å². The van der Waals surface area contributed by atoms with Crippen LogP contribution in [0.1, 0.15) is 20.8 Å². The van der Waals surface area contributed by atoms with E-state index in [1.54, 1.807) is 36.0 Å². The highest BCUT2D eigenvalue weighted by Gasteiger charge is 2.20. The van der Waals surface area contributed by atoms with Gasteiger partial charge in [-0.25, -0.2) is 14.3 Å². The maximum Gasteiger partial charge on any atom is 0.412 e. The Morgan fingerprint density at radius 3 is 2.62 bits per heavy atom. The molecule has 0 atom stereocenters. The number of rotatable bonds is 4. The van der Waals surface area contributed by atoms with Crippen molar-refractivity contribution in [3.05, 3.63) is 42.9 Å². The Morgan fingerprint density at radius 1 is 1.19 bits per heavy atom. The maximum absolute atomic E-state index is 12.2. The van der Waals surface area contributed by atoms with Crippen molar-refractivity contribution in [1.82, 2.24) is 24.4 Å². The second-order valence-electron chi connectivity index (χ2n) is 8.27. The van der Waals surface area contributed by atoms with Crippen LogP contribution in [0.5, 0.6) is 5.75 Å². The molecule has 0 saturated heterocycles. The van der Waals surface area contributed by atoms with Crippen LogP contribution in [0.15, 0.2) is 42.9 Å². The van der Waals surface area contributed by atoms with Gasteiger partial charge in [-0.1, -0.05) is 6.07 Å². The summed E-state index contributed by atoms with van der Waals surface area (Å²) in [5.41, 5.74) is 9.91. The fourth-order valence-corrected chi connectivity index (χ4v) is 3.40. The molecule has 1 amide bonds. The molecule has 0 radical (unpaired) electrons. The SMILES string of the molecule is COc1cc(-c2cc(-c3ccn(C)n3)n3ncnc(N)c23)ccc1NC(=O)OC(C)(C)C. The summed E-state index contributed by atoms with van der Waals surface area (Å²) in [6.07, 6.45) is 2.71. The van der Waals surface area contributed by atoms with Crippen LogP contribution in [0.3, 0.4) is 0 Å². The van der Waals surface area contributed by atoms with Crippen LogP contribution in [0, 0.1) is 0 Å². The Morgan fingerprint density at radius 2 is 1.97 bits per heavy atom. The van der Waals surface area contributed by atoms with Crippen LogP contribution in [-0.4, -0.2) is 43.2 Å². The zero-order valence-corrected chi connectivity index (χ0v) is 18.6. The highest BCUT2D eigenvalue weighted by atomic mass is 16.6. The fourth-order valence-electron chi connectivity index (χ4n) is 3.40. The molecule has 3 aromatic heterocycles. The van der Waals surface area contributed by atoms with E-state index < -0.39 is 11.7 Å². The predicted molar refractivity (Wildman–Crippen MR) is 121 cm³/mol. The molecule has 166 valence electrons. The summed E-state index contributed by atoms with van der Waals surface area (Å²) in [7, 11) is 3.39. The van der Waals surface area contributed by atoms with Crippen molar-refractivity contribution in [3.8, 4) is 28.3 Å². The number of aromatic nitrogens is 5. The van der Waals surface area contributed by atoms with Gasteiger partial charge in [-0.05, 0) is 50.6 Å². The van der Waals surface area contributed by atoms with E-state index in [9.17, 15) is 4.79 Å². The summed E-state index contributed by atoms with van der Waals surface area (Å²) in [4.78, 5) is 16.4. The summed E-state index contributed by atoms with van der Waals surface area (Å²) in [6.45, 7) is 5.41. The molecule has 3 heterocycles. The van der Waals surface area contributed by atoms with Crippen LogP contribution in [-0.2, 0) is 11.8 Å². The second-order valence-corrected chi connectivity index (χ2v) is 8.27. The third-order valence-corrected chi connectivity index (χ3v) is 4.71. The number of carbonyl (C=O) groups excluding carboxylic acids is 1. The summed E-state index contributed by atoms with van der Waals surface area (Å²) < 4.78 is 14.3. The molecule has 0 spiro atoms. The van der Waals surface area contributed by atoms with E-state index in [1.807, 2.05) is 37.5 Å².